The quantitative estimate of drug-likeness (QED) is 0.633. The normalized spacial score (nSPS) is 12.6. The average molecular weight is 316 g/mol. The largest absolute Gasteiger partial charge is 0.542 e. The van der Waals surface area contributed by atoms with Crippen LogP contribution in [-0.2, 0) is 0 Å². The van der Waals surface area contributed by atoms with Crippen LogP contribution in [-0.4, -0.2) is 8.32 Å². The van der Waals surface area contributed by atoms with Gasteiger partial charge in [-0.3, -0.25) is 0 Å². The maximum atomic E-state index is 6.24. The lowest BCUT2D eigenvalue weighted by molar-refractivity contribution is 0.493. The molecule has 96 valence electrons. The third-order valence-corrected chi connectivity index (χ3v) is 8.29. The summed E-state index contributed by atoms with van der Waals surface area (Å²) in [6.07, 6.45) is 0. The smallest absolute Gasteiger partial charge is 0.250 e. The van der Waals surface area contributed by atoms with Gasteiger partial charge in [-0.2, -0.15) is 0 Å². The number of aryl methyl sites for hydroxylation is 1. The van der Waals surface area contributed by atoms with Crippen molar-refractivity contribution in [1.29, 1.82) is 0 Å². The van der Waals surface area contributed by atoms with E-state index in [1.54, 1.807) is 0 Å². The topological polar surface area (TPSA) is 35.2 Å². The molecule has 0 atom stereocenters. The maximum absolute atomic E-state index is 6.24. The molecule has 1 rings (SSSR count). The zero-order valence-electron chi connectivity index (χ0n) is 11.5. The lowest BCUT2D eigenvalue weighted by atomic mass is 10.2. The van der Waals surface area contributed by atoms with Crippen molar-refractivity contribution in [3.8, 4) is 5.75 Å². The van der Waals surface area contributed by atoms with Crippen LogP contribution in [0.3, 0.4) is 0 Å². The SMILES string of the molecule is Cc1cc(Br)cc(O[Si](C)(C)C(C)(C)C)c1N. The Labute approximate surface area is 114 Å². The first-order chi connectivity index (χ1) is 7.54. The molecule has 0 amide bonds. The highest BCUT2D eigenvalue weighted by Crippen LogP contribution is 2.40. The van der Waals surface area contributed by atoms with Gasteiger partial charge in [0.15, 0.2) is 0 Å². The van der Waals surface area contributed by atoms with Crippen molar-refractivity contribution in [2.45, 2.75) is 45.8 Å². The summed E-state index contributed by atoms with van der Waals surface area (Å²) >= 11 is 3.49. The molecule has 0 spiro atoms. The molecule has 0 aliphatic rings. The molecule has 0 radical (unpaired) electrons. The molecule has 0 fully saturated rings. The Bertz CT molecular complexity index is 424. The van der Waals surface area contributed by atoms with Gasteiger partial charge < -0.3 is 10.2 Å². The van der Waals surface area contributed by atoms with E-state index in [4.69, 9.17) is 10.2 Å². The first-order valence-corrected chi connectivity index (χ1v) is 9.49. The molecule has 0 unspecified atom stereocenters. The van der Waals surface area contributed by atoms with E-state index in [1.165, 1.54) is 0 Å². The molecule has 0 heterocycles. The summed E-state index contributed by atoms with van der Waals surface area (Å²) in [5, 5.41) is 0.176. The van der Waals surface area contributed by atoms with Crippen LogP contribution in [0.4, 0.5) is 5.69 Å². The van der Waals surface area contributed by atoms with Crippen LogP contribution in [0.1, 0.15) is 26.3 Å². The summed E-state index contributed by atoms with van der Waals surface area (Å²) in [7, 11) is -1.82. The fourth-order valence-corrected chi connectivity index (χ4v) is 2.81. The first-order valence-electron chi connectivity index (χ1n) is 5.79. The van der Waals surface area contributed by atoms with E-state index < -0.39 is 8.32 Å². The van der Waals surface area contributed by atoms with E-state index in [0.717, 1.165) is 21.5 Å². The average Bonchev–Trinajstić information content (AvgIpc) is 2.11. The molecule has 0 aliphatic carbocycles. The molecule has 2 nitrogen and oxygen atoms in total. The minimum Gasteiger partial charge on any atom is -0.542 e. The first kappa shape index (κ1) is 14.6. The number of halogens is 1. The minimum absolute atomic E-state index is 0.176. The van der Waals surface area contributed by atoms with Gasteiger partial charge in [0.2, 0.25) is 0 Å². The number of nitrogen functional groups attached to an aromatic ring is 1. The van der Waals surface area contributed by atoms with Crippen LogP contribution in [0.5, 0.6) is 5.75 Å². The molecule has 1 aromatic rings. The summed E-state index contributed by atoms with van der Waals surface area (Å²) in [5.41, 5.74) is 7.88. The van der Waals surface area contributed by atoms with Crippen molar-refractivity contribution in [3.63, 3.8) is 0 Å². The second-order valence-electron chi connectivity index (χ2n) is 6.00. The number of hydrogen-bond acceptors (Lipinski definition) is 2. The lowest BCUT2D eigenvalue weighted by Crippen LogP contribution is -2.44. The van der Waals surface area contributed by atoms with Crippen LogP contribution in [0.2, 0.25) is 18.1 Å². The van der Waals surface area contributed by atoms with Gasteiger partial charge in [0, 0.05) is 4.47 Å². The van der Waals surface area contributed by atoms with E-state index in [-0.39, 0.29) is 5.04 Å². The third-order valence-electron chi connectivity index (χ3n) is 3.48. The van der Waals surface area contributed by atoms with E-state index in [9.17, 15) is 0 Å². The molecular weight excluding hydrogens is 294 g/mol. The second-order valence-corrected chi connectivity index (χ2v) is 11.6. The molecule has 0 aromatic heterocycles. The molecule has 0 saturated carbocycles. The van der Waals surface area contributed by atoms with Crippen molar-refractivity contribution >= 4 is 29.9 Å². The fraction of sp³-hybridized carbons (Fsp3) is 0.538. The number of hydrogen-bond donors (Lipinski definition) is 1. The summed E-state index contributed by atoms with van der Waals surface area (Å²) in [5.74, 6) is 0.809. The maximum Gasteiger partial charge on any atom is 0.250 e. The van der Waals surface area contributed by atoms with Crippen molar-refractivity contribution in [2.75, 3.05) is 5.73 Å². The van der Waals surface area contributed by atoms with Gasteiger partial charge in [-0.05, 0) is 42.8 Å². The van der Waals surface area contributed by atoms with Crippen molar-refractivity contribution in [3.05, 3.63) is 22.2 Å². The predicted molar refractivity (Wildman–Crippen MR) is 81.1 cm³/mol. The van der Waals surface area contributed by atoms with Gasteiger partial charge in [0.1, 0.15) is 5.75 Å². The van der Waals surface area contributed by atoms with Crippen molar-refractivity contribution < 1.29 is 4.43 Å². The van der Waals surface area contributed by atoms with Gasteiger partial charge in [0.05, 0.1) is 5.69 Å². The zero-order chi connectivity index (χ0) is 13.4. The standard InChI is InChI=1S/C13H22BrNOSi/c1-9-7-10(14)8-11(12(9)15)16-17(5,6)13(2,3)4/h7-8H,15H2,1-6H3. The summed E-state index contributed by atoms with van der Waals surface area (Å²) in [4.78, 5) is 0. The number of rotatable bonds is 2. The molecule has 4 heteroatoms. The lowest BCUT2D eigenvalue weighted by Gasteiger charge is -2.37. The molecule has 0 bridgehead atoms. The summed E-state index contributed by atoms with van der Waals surface area (Å²) < 4.78 is 7.25. The molecule has 17 heavy (non-hydrogen) atoms. The van der Waals surface area contributed by atoms with Crippen LogP contribution in [0.15, 0.2) is 16.6 Å². The van der Waals surface area contributed by atoms with Crippen molar-refractivity contribution in [1.82, 2.24) is 0 Å². The Morgan fingerprint density at radius 3 is 2.24 bits per heavy atom. The summed E-state index contributed by atoms with van der Waals surface area (Å²) in [6, 6.07) is 3.97. The Hall–Kier alpha value is -0.483. The van der Waals surface area contributed by atoms with Crippen LogP contribution >= 0.6 is 15.9 Å². The highest BCUT2D eigenvalue weighted by atomic mass is 79.9. The predicted octanol–water partition coefficient (Wildman–Crippen LogP) is 4.72. The van der Waals surface area contributed by atoms with Gasteiger partial charge in [-0.25, -0.2) is 0 Å². The van der Waals surface area contributed by atoms with E-state index >= 15 is 0 Å². The number of anilines is 1. The molecule has 2 N–H and O–H groups in total. The highest BCUT2D eigenvalue weighted by molar-refractivity contribution is 9.10. The van der Waals surface area contributed by atoms with Crippen LogP contribution in [0.25, 0.3) is 0 Å². The van der Waals surface area contributed by atoms with Gasteiger partial charge >= 0.3 is 0 Å². The number of nitrogens with two attached hydrogens (primary N) is 1. The van der Waals surface area contributed by atoms with E-state index in [0.29, 0.717) is 0 Å². The van der Waals surface area contributed by atoms with E-state index in [2.05, 4.69) is 49.8 Å². The number of benzene rings is 1. The van der Waals surface area contributed by atoms with E-state index in [1.807, 2.05) is 19.1 Å². The Kier molecular flexibility index (Phi) is 3.99. The van der Waals surface area contributed by atoms with Gasteiger partial charge in [-0.15, -0.1) is 0 Å². The molecule has 0 saturated heterocycles. The summed E-state index contributed by atoms with van der Waals surface area (Å²) in [6.45, 7) is 13.1. The Morgan fingerprint density at radius 1 is 1.24 bits per heavy atom. The highest BCUT2D eigenvalue weighted by Gasteiger charge is 2.39. The molecular formula is C13H22BrNOSi. The second kappa shape index (κ2) is 4.65. The Balaban J connectivity index is 3.12. The van der Waals surface area contributed by atoms with Crippen LogP contribution < -0.4 is 10.2 Å². The monoisotopic (exact) mass is 315 g/mol. The molecule has 1 aromatic carbocycles. The van der Waals surface area contributed by atoms with Gasteiger partial charge in [0.25, 0.3) is 8.32 Å². The van der Waals surface area contributed by atoms with Gasteiger partial charge in [-0.1, -0.05) is 36.7 Å². The minimum atomic E-state index is -1.82. The zero-order valence-corrected chi connectivity index (χ0v) is 14.1. The van der Waals surface area contributed by atoms with Crippen molar-refractivity contribution in [2.24, 2.45) is 0 Å². The Morgan fingerprint density at radius 2 is 1.76 bits per heavy atom. The van der Waals surface area contributed by atoms with Crippen LogP contribution in [0, 0.1) is 6.92 Å². The molecule has 0 aliphatic heterocycles. The fourth-order valence-electron chi connectivity index (χ4n) is 1.24. The third kappa shape index (κ3) is 3.25.